The molecule has 0 spiro atoms. The van der Waals surface area contributed by atoms with E-state index in [-0.39, 0.29) is 11.9 Å². The zero-order valence-electron chi connectivity index (χ0n) is 13.7. The standard InChI is InChI=1S/C16H21ClN4OS2/c1-3-4-8-18-15-20-21-16(24-15)23-10-14(22)19-11(2)12-6-5-7-13(17)9-12/h5-7,9,11H,3-4,8,10H2,1-2H3,(H,18,20)(H,19,22). The lowest BCUT2D eigenvalue weighted by Gasteiger charge is -2.14. The van der Waals surface area contributed by atoms with Crippen LogP contribution >= 0.6 is 34.7 Å². The molecule has 0 aliphatic heterocycles. The average Bonchev–Trinajstić information content (AvgIpc) is 3.01. The summed E-state index contributed by atoms with van der Waals surface area (Å²) in [6.07, 6.45) is 2.24. The first-order valence-corrected chi connectivity index (χ1v) is 10.0. The van der Waals surface area contributed by atoms with Gasteiger partial charge in [0.15, 0.2) is 4.34 Å². The third-order valence-electron chi connectivity index (χ3n) is 3.27. The van der Waals surface area contributed by atoms with E-state index in [1.165, 1.54) is 23.1 Å². The molecule has 0 saturated heterocycles. The van der Waals surface area contributed by atoms with Crippen LogP contribution in [0.3, 0.4) is 0 Å². The van der Waals surface area contributed by atoms with E-state index < -0.39 is 0 Å². The van der Waals surface area contributed by atoms with E-state index in [1.807, 2.05) is 31.2 Å². The number of nitrogens with zero attached hydrogens (tertiary/aromatic N) is 2. The number of carbonyl (C=O) groups is 1. The number of halogens is 1. The van der Waals surface area contributed by atoms with Crippen molar-refractivity contribution >= 4 is 45.7 Å². The number of hydrogen-bond acceptors (Lipinski definition) is 6. The van der Waals surface area contributed by atoms with Gasteiger partial charge in [-0.2, -0.15) is 0 Å². The van der Waals surface area contributed by atoms with Crippen LogP contribution < -0.4 is 10.6 Å². The van der Waals surface area contributed by atoms with Crippen LogP contribution in [0.15, 0.2) is 28.6 Å². The van der Waals surface area contributed by atoms with Gasteiger partial charge in [-0.25, -0.2) is 0 Å². The molecule has 24 heavy (non-hydrogen) atoms. The summed E-state index contributed by atoms with van der Waals surface area (Å²) in [5.41, 5.74) is 0.985. The topological polar surface area (TPSA) is 66.9 Å². The second kappa shape index (κ2) is 9.86. The lowest BCUT2D eigenvalue weighted by atomic mass is 10.1. The van der Waals surface area contributed by atoms with Gasteiger partial charge in [-0.05, 0) is 31.0 Å². The van der Waals surface area contributed by atoms with Gasteiger partial charge in [-0.3, -0.25) is 4.79 Å². The Labute approximate surface area is 155 Å². The Bertz CT molecular complexity index is 665. The monoisotopic (exact) mass is 384 g/mol. The highest BCUT2D eigenvalue weighted by Crippen LogP contribution is 2.25. The maximum Gasteiger partial charge on any atom is 0.230 e. The number of unbranched alkanes of at least 4 members (excludes halogenated alkanes) is 1. The SMILES string of the molecule is CCCCNc1nnc(SCC(=O)NC(C)c2cccc(Cl)c2)s1. The Morgan fingerprint density at radius 2 is 2.25 bits per heavy atom. The van der Waals surface area contributed by atoms with Crippen molar-refractivity contribution in [3.8, 4) is 0 Å². The predicted octanol–water partition coefficient (Wildman–Crippen LogP) is 4.37. The van der Waals surface area contributed by atoms with Gasteiger partial charge >= 0.3 is 0 Å². The molecule has 0 aliphatic rings. The van der Waals surface area contributed by atoms with Crippen LogP contribution in [0.5, 0.6) is 0 Å². The summed E-state index contributed by atoms with van der Waals surface area (Å²) in [5.74, 6) is 0.275. The number of aromatic nitrogens is 2. The van der Waals surface area contributed by atoms with E-state index in [0.29, 0.717) is 10.8 Å². The first-order valence-electron chi connectivity index (χ1n) is 7.83. The van der Waals surface area contributed by atoms with Crippen molar-refractivity contribution in [1.82, 2.24) is 15.5 Å². The molecule has 0 bridgehead atoms. The number of rotatable bonds is 9. The molecular formula is C16H21ClN4OS2. The molecule has 1 heterocycles. The van der Waals surface area contributed by atoms with Crippen LogP contribution in [0, 0.1) is 0 Å². The molecule has 5 nitrogen and oxygen atoms in total. The van der Waals surface area contributed by atoms with Crippen LogP contribution in [0.2, 0.25) is 5.02 Å². The number of nitrogens with one attached hydrogen (secondary N) is 2. The molecule has 0 aliphatic carbocycles. The van der Waals surface area contributed by atoms with Crippen LogP contribution in [0.4, 0.5) is 5.13 Å². The molecule has 1 amide bonds. The number of amides is 1. The van der Waals surface area contributed by atoms with Gasteiger partial charge in [0, 0.05) is 11.6 Å². The lowest BCUT2D eigenvalue weighted by molar-refractivity contribution is -0.119. The summed E-state index contributed by atoms with van der Waals surface area (Å²) in [5, 5.41) is 15.8. The molecule has 1 atom stereocenters. The van der Waals surface area contributed by atoms with Crippen molar-refractivity contribution in [2.24, 2.45) is 0 Å². The normalized spacial score (nSPS) is 12.0. The minimum absolute atomic E-state index is 0.0387. The number of anilines is 1. The Hall–Kier alpha value is -1.31. The van der Waals surface area contributed by atoms with E-state index in [2.05, 4.69) is 27.8 Å². The van der Waals surface area contributed by atoms with Crippen LogP contribution in [-0.2, 0) is 4.79 Å². The van der Waals surface area contributed by atoms with Gasteiger partial charge in [0.1, 0.15) is 0 Å². The minimum Gasteiger partial charge on any atom is -0.360 e. The fourth-order valence-electron chi connectivity index (χ4n) is 1.98. The second-order valence-electron chi connectivity index (χ2n) is 5.29. The zero-order valence-corrected chi connectivity index (χ0v) is 16.1. The van der Waals surface area contributed by atoms with Crippen LogP contribution in [0.1, 0.15) is 38.3 Å². The molecule has 2 N–H and O–H groups in total. The number of carbonyl (C=O) groups excluding carboxylic acids is 1. The Balaban J connectivity index is 1.76. The largest absolute Gasteiger partial charge is 0.360 e. The smallest absolute Gasteiger partial charge is 0.230 e. The number of thioether (sulfide) groups is 1. The number of hydrogen-bond donors (Lipinski definition) is 2. The summed E-state index contributed by atoms with van der Waals surface area (Å²) < 4.78 is 0.791. The fraction of sp³-hybridized carbons (Fsp3) is 0.438. The van der Waals surface area contributed by atoms with Crippen LogP contribution in [0.25, 0.3) is 0 Å². The maximum atomic E-state index is 12.1. The van der Waals surface area contributed by atoms with Gasteiger partial charge < -0.3 is 10.6 Å². The molecule has 0 saturated carbocycles. The molecule has 0 radical (unpaired) electrons. The van der Waals surface area contributed by atoms with Crippen molar-refractivity contribution in [1.29, 1.82) is 0 Å². The summed E-state index contributed by atoms with van der Waals surface area (Å²) in [6.45, 7) is 4.98. The van der Waals surface area contributed by atoms with Crippen LogP contribution in [-0.4, -0.2) is 28.4 Å². The third-order valence-corrected chi connectivity index (χ3v) is 5.52. The summed E-state index contributed by atoms with van der Waals surface area (Å²) in [6, 6.07) is 7.42. The molecule has 1 unspecified atom stereocenters. The van der Waals surface area contributed by atoms with Crippen molar-refractivity contribution in [3.05, 3.63) is 34.9 Å². The van der Waals surface area contributed by atoms with E-state index in [9.17, 15) is 4.79 Å². The van der Waals surface area contributed by atoms with Crippen molar-refractivity contribution < 1.29 is 4.79 Å². The van der Waals surface area contributed by atoms with Crippen molar-refractivity contribution in [3.63, 3.8) is 0 Å². The minimum atomic E-state index is -0.0857. The van der Waals surface area contributed by atoms with Crippen molar-refractivity contribution in [2.75, 3.05) is 17.6 Å². The first kappa shape index (κ1) is 19.0. The van der Waals surface area contributed by atoms with E-state index >= 15 is 0 Å². The molecule has 2 rings (SSSR count). The lowest BCUT2D eigenvalue weighted by Crippen LogP contribution is -2.28. The van der Waals surface area contributed by atoms with Gasteiger partial charge in [-0.15, -0.1) is 10.2 Å². The first-order chi connectivity index (χ1) is 11.6. The van der Waals surface area contributed by atoms with Gasteiger partial charge in [-0.1, -0.05) is 60.2 Å². The molecule has 130 valence electrons. The maximum absolute atomic E-state index is 12.1. The van der Waals surface area contributed by atoms with Crippen molar-refractivity contribution in [2.45, 2.75) is 37.1 Å². The zero-order chi connectivity index (χ0) is 17.4. The van der Waals surface area contributed by atoms with Gasteiger partial charge in [0.05, 0.1) is 11.8 Å². The summed E-state index contributed by atoms with van der Waals surface area (Å²) >= 11 is 8.85. The molecule has 2 aromatic rings. The molecule has 1 aromatic carbocycles. The summed E-state index contributed by atoms with van der Waals surface area (Å²) in [7, 11) is 0. The third kappa shape index (κ3) is 6.30. The Morgan fingerprint density at radius 1 is 1.42 bits per heavy atom. The number of benzene rings is 1. The molecule has 1 aromatic heterocycles. The Morgan fingerprint density at radius 3 is 3.00 bits per heavy atom. The fourth-order valence-corrected chi connectivity index (χ4v) is 3.77. The van der Waals surface area contributed by atoms with Gasteiger partial charge in [0.2, 0.25) is 11.0 Å². The molecular weight excluding hydrogens is 364 g/mol. The molecule has 0 fully saturated rings. The van der Waals surface area contributed by atoms with Gasteiger partial charge in [0.25, 0.3) is 0 Å². The summed E-state index contributed by atoms with van der Waals surface area (Å²) in [4.78, 5) is 12.1. The van der Waals surface area contributed by atoms with E-state index in [0.717, 1.165) is 34.4 Å². The highest BCUT2D eigenvalue weighted by Gasteiger charge is 2.12. The quantitative estimate of drug-likeness (QED) is 0.496. The highest BCUT2D eigenvalue weighted by atomic mass is 35.5. The van der Waals surface area contributed by atoms with E-state index in [4.69, 9.17) is 11.6 Å². The van der Waals surface area contributed by atoms with E-state index in [1.54, 1.807) is 0 Å². The predicted molar refractivity (Wildman–Crippen MR) is 102 cm³/mol. The highest BCUT2D eigenvalue weighted by molar-refractivity contribution is 8.01. The molecule has 8 heteroatoms. The Kier molecular flexibility index (Phi) is 7.81. The average molecular weight is 385 g/mol. The second-order valence-corrected chi connectivity index (χ2v) is 7.92.